The zero-order valence-corrected chi connectivity index (χ0v) is 12.7. The second-order valence-electron chi connectivity index (χ2n) is 5.21. The molecule has 4 nitrogen and oxygen atoms in total. The van der Waals surface area contributed by atoms with Crippen LogP contribution >= 0.6 is 0 Å². The van der Waals surface area contributed by atoms with Crippen LogP contribution in [0.4, 0.5) is 11.4 Å². The van der Waals surface area contributed by atoms with Crippen LogP contribution in [0.25, 0.3) is 0 Å². The highest BCUT2D eigenvalue weighted by molar-refractivity contribution is 6.03. The SMILES string of the molecule is CCC(C)Nc1ccnc(C(=O)Nc2cccc(C)c2)c1. The molecular formula is C17H21N3O. The van der Waals surface area contributed by atoms with E-state index in [0.717, 1.165) is 23.4 Å². The number of pyridine rings is 1. The summed E-state index contributed by atoms with van der Waals surface area (Å²) in [6, 6.07) is 11.7. The second-order valence-corrected chi connectivity index (χ2v) is 5.21. The van der Waals surface area contributed by atoms with Gasteiger partial charge < -0.3 is 10.6 Å². The van der Waals surface area contributed by atoms with Crippen molar-refractivity contribution >= 4 is 17.3 Å². The highest BCUT2D eigenvalue weighted by atomic mass is 16.1. The number of nitrogens with zero attached hydrogens (tertiary/aromatic N) is 1. The van der Waals surface area contributed by atoms with Crippen molar-refractivity contribution in [2.45, 2.75) is 33.2 Å². The summed E-state index contributed by atoms with van der Waals surface area (Å²) in [6.07, 6.45) is 2.67. The number of benzene rings is 1. The van der Waals surface area contributed by atoms with Crippen LogP contribution in [0.2, 0.25) is 0 Å². The molecule has 1 aromatic heterocycles. The van der Waals surface area contributed by atoms with Gasteiger partial charge in [0.05, 0.1) is 0 Å². The Morgan fingerprint density at radius 2 is 2.05 bits per heavy atom. The molecule has 1 heterocycles. The number of hydrogen-bond acceptors (Lipinski definition) is 3. The lowest BCUT2D eigenvalue weighted by Crippen LogP contribution is -2.16. The second kappa shape index (κ2) is 6.88. The van der Waals surface area contributed by atoms with Crippen LogP contribution in [0.1, 0.15) is 36.3 Å². The number of aryl methyl sites for hydroxylation is 1. The number of aromatic nitrogens is 1. The minimum absolute atomic E-state index is 0.201. The van der Waals surface area contributed by atoms with E-state index >= 15 is 0 Å². The van der Waals surface area contributed by atoms with Gasteiger partial charge in [0.15, 0.2) is 0 Å². The summed E-state index contributed by atoms with van der Waals surface area (Å²) in [4.78, 5) is 16.4. The lowest BCUT2D eigenvalue weighted by atomic mass is 10.2. The van der Waals surface area contributed by atoms with Gasteiger partial charge in [-0.3, -0.25) is 9.78 Å². The summed E-state index contributed by atoms with van der Waals surface area (Å²) in [6.45, 7) is 6.21. The Hall–Kier alpha value is -2.36. The molecule has 0 bridgehead atoms. The van der Waals surface area contributed by atoms with Gasteiger partial charge in [0.2, 0.25) is 0 Å². The molecule has 2 N–H and O–H groups in total. The molecule has 2 rings (SSSR count). The zero-order valence-electron chi connectivity index (χ0n) is 12.7. The van der Waals surface area contributed by atoms with E-state index in [9.17, 15) is 4.79 Å². The molecule has 4 heteroatoms. The maximum Gasteiger partial charge on any atom is 0.274 e. The van der Waals surface area contributed by atoms with Gasteiger partial charge >= 0.3 is 0 Å². The number of carbonyl (C=O) groups excluding carboxylic acids is 1. The van der Waals surface area contributed by atoms with E-state index in [1.807, 2.05) is 37.3 Å². The van der Waals surface area contributed by atoms with Crippen LogP contribution in [0.15, 0.2) is 42.6 Å². The number of anilines is 2. The Kier molecular flexibility index (Phi) is 4.93. The van der Waals surface area contributed by atoms with Gasteiger partial charge in [0.25, 0.3) is 5.91 Å². The highest BCUT2D eigenvalue weighted by Crippen LogP contribution is 2.14. The molecule has 0 saturated carbocycles. The van der Waals surface area contributed by atoms with E-state index in [1.54, 1.807) is 12.3 Å². The van der Waals surface area contributed by atoms with Gasteiger partial charge in [-0.05, 0) is 50.1 Å². The predicted octanol–water partition coefficient (Wildman–Crippen LogP) is 3.85. The third-order valence-corrected chi connectivity index (χ3v) is 3.29. The minimum Gasteiger partial charge on any atom is -0.382 e. The maximum absolute atomic E-state index is 12.2. The van der Waals surface area contributed by atoms with Crippen molar-refractivity contribution in [3.63, 3.8) is 0 Å². The fraction of sp³-hybridized carbons (Fsp3) is 0.294. The summed E-state index contributed by atoms with van der Waals surface area (Å²) < 4.78 is 0. The first-order valence-electron chi connectivity index (χ1n) is 7.19. The minimum atomic E-state index is -0.201. The lowest BCUT2D eigenvalue weighted by Gasteiger charge is -2.13. The first-order chi connectivity index (χ1) is 10.1. The molecule has 0 spiro atoms. The lowest BCUT2D eigenvalue weighted by molar-refractivity contribution is 0.102. The van der Waals surface area contributed by atoms with Crippen LogP contribution in [-0.4, -0.2) is 16.9 Å². The van der Waals surface area contributed by atoms with Gasteiger partial charge in [-0.2, -0.15) is 0 Å². The first kappa shape index (κ1) is 15.0. The van der Waals surface area contributed by atoms with Gasteiger partial charge in [-0.1, -0.05) is 19.1 Å². The Morgan fingerprint density at radius 1 is 1.24 bits per heavy atom. The average molecular weight is 283 g/mol. The van der Waals surface area contributed by atoms with E-state index in [2.05, 4.69) is 29.5 Å². The number of nitrogens with one attached hydrogen (secondary N) is 2. The molecule has 21 heavy (non-hydrogen) atoms. The zero-order chi connectivity index (χ0) is 15.2. The molecule has 0 aliphatic rings. The molecule has 0 aliphatic carbocycles. The Morgan fingerprint density at radius 3 is 2.76 bits per heavy atom. The van der Waals surface area contributed by atoms with Crippen molar-refractivity contribution in [3.05, 3.63) is 53.9 Å². The molecule has 0 radical (unpaired) electrons. The Balaban J connectivity index is 2.10. The van der Waals surface area contributed by atoms with Crippen molar-refractivity contribution in [2.24, 2.45) is 0 Å². The first-order valence-corrected chi connectivity index (χ1v) is 7.19. The molecule has 1 aromatic carbocycles. The van der Waals surface area contributed by atoms with E-state index in [4.69, 9.17) is 0 Å². The molecular weight excluding hydrogens is 262 g/mol. The van der Waals surface area contributed by atoms with E-state index < -0.39 is 0 Å². The quantitative estimate of drug-likeness (QED) is 0.876. The summed E-state index contributed by atoms with van der Waals surface area (Å²) in [5.41, 5.74) is 3.20. The van der Waals surface area contributed by atoms with E-state index in [-0.39, 0.29) is 5.91 Å². The normalized spacial score (nSPS) is 11.8. The van der Waals surface area contributed by atoms with Crippen LogP contribution < -0.4 is 10.6 Å². The molecule has 0 fully saturated rings. The monoisotopic (exact) mass is 283 g/mol. The van der Waals surface area contributed by atoms with Gasteiger partial charge in [0.1, 0.15) is 5.69 Å². The predicted molar refractivity (Wildman–Crippen MR) is 86.7 cm³/mol. The molecule has 110 valence electrons. The van der Waals surface area contributed by atoms with Crippen molar-refractivity contribution in [2.75, 3.05) is 10.6 Å². The van der Waals surface area contributed by atoms with Crippen LogP contribution in [0, 0.1) is 6.92 Å². The molecule has 2 aromatic rings. The van der Waals surface area contributed by atoms with Gasteiger partial charge in [-0.25, -0.2) is 0 Å². The summed E-state index contributed by atoms with van der Waals surface area (Å²) in [5, 5.41) is 6.20. The topological polar surface area (TPSA) is 54.0 Å². The number of carbonyl (C=O) groups is 1. The smallest absolute Gasteiger partial charge is 0.274 e. The molecule has 1 atom stereocenters. The van der Waals surface area contributed by atoms with Crippen LogP contribution in [0.5, 0.6) is 0 Å². The third kappa shape index (κ3) is 4.31. The Labute approximate surface area is 125 Å². The Bertz CT molecular complexity index is 625. The van der Waals surface area contributed by atoms with Crippen molar-refractivity contribution in [1.82, 2.24) is 4.98 Å². The average Bonchev–Trinajstić information content (AvgIpc) is 2.47. The molecule has 1 amide bonds. The van der Waals surface area contributed by atoms with Crippen LogP contribution in [-0.2, 0) is 0 Å². The summed E-state index contributed by atoms with van der Waals surface area (Å²) in [5.74, 6) is -0.201. The standard InChI is InChI=1S/C17H21N3O/c1-4-13(3)19-15-8-9-18-16(11-15)17(21)20-14-7-5-6-12(2)10-14/h5-11,13H,4H2,1-3H3,(H,18,19)(H,20,21). The summed E-state index contributed by atoms with van der Waals surface area (Å²) in [7, 11) is 0. The van der Waals surface area contributed by atoms with E-state index in [0.29, 0.717) is 11.7 Å². The maximum atomic E-state index is 12.2. The highest BCUT2D eigenvalue weighted by Gasteiger charge is 2.09. The van der Waals surface area contributed by atoms with Crippen molar-refractivity contribution in [1.29, 1.82) is 0 Å². The van der Waals surface area contributed by atoms with Gasteiger partial charge in [0, 0.05) is 23.6 Å². The van der Waals surface area contributed by atoms with Crippen molar-refractivity contribution < 1.29 is 4.79 Å². The van der Waals surface area contributed by atoms with E-state index in [1.165, 1.54) is 0 Å². The number of rotatable bonds is 5. The summed E-state index contributed by atoms with van der Waals surface area (Å²) >= 11 is 0. The molecule has 0 aliphatic heterocycles. The van der Waals surface area contributed by atoms with Crippen molar-refractivity contribution in [3.8, 4) is 0 Å². The molecule has 1 unspecified atom stereocenters. The third-order valence-electron chi connectivity index (χ3n) is 3.29. The van der Waals surface area contributed by atoms with Gasteiger partial charge in [-0.15, -0.1) is 0 Å². The van der Waals surface area contributed by atoms with Crippen LogP contribution in [0.3, 0.4) is 0 Å². The number of amides is 1. The fourth-order valence-corrected chi connectivity index (χ4v) is 1.95. The molecule has 0 saturated heterocycles. The fourth-order valence-electron chi connectivity index (χ4n) is 1.95. The largest absolute Gasteiger partial charge is 0.382 e. The number of hydrogen-bond donors (Lipinski definition) is 2.